The molecule has 206 valence electrons. The second-order valence-electron chi connectivity index (χ2n) is 8.14. The Hall–Kier alpha value is -4.50. The van der Waals surface area contributed by atoms with E-state index in [2.05, 4.69) is 0 Å². The lowest BCUT2D eigenvalue weighted by atomic mass is 9.77. The molecule has 0 fully saturated rings. The van der Waals surface area contributed by atoms with E-state index in [0.717, 1.165) is 6.08 Å². The minimum absolute atomic E-state index is 0.593. The summed E-state index contributed by atoms with van der Waals surface area (Å²) in [6, 6.07) is 0. The maximum atomic E-state index is 11.9. The van der Waals surface area contributed by atoms with Crippen molar-refractivity contribution in [2.75, 3.05) is 0 Å². The van der Waals surface area contributed by atoms with Gasteiger partial charge >= 0.3 is 47.8 Å². The molecule has 0 amide bonds. The summed E-state index contributed by atoms with van der Waals surface area (Å²) in [6.07, 6.45) is -5.45. The van der Waals surface area contributed by atoms with Crippen LogP contribution in [-0.4, -0.2) is 88.6 Å². The Balaban J connectivity index is 7.06. The molecule has 0 aromatic heterocycles. The Bertz CT molecular complexity index is 964. The number of carboxylic acids is 8. The maximum Gasteiger partial charge on any atom is 0.311 e. The molecule has 37 heavy (non-hydrogen) atoms. The molecule has 0 aliphatic carbocycles. The highest BCUT2D eigenvalue weighted by molar-refractivity contribution is 5.83. The lowest BCUT2D eigenvalue weighted by Gasteiger charge is -2.26. The molecule has 0 heterocycles. The topological polar surface area (TPSA) is 298 Å². The van der Waals surface area contributed by atoms with Gasteiger partial charge in [0.1, 0.15) is 0 Å². The molecule has 0 radical (unpaired) electrons. The summed E-state index contributed by atoms with van der Waals surface area (Å²) < 4.78 is 0. The van der Waals surface area contributed by atoms with Crippen LogP contribution in [0.5, 0.6) is 0 Å². The van der Waals surface area contributed by atoms with Crippen LogP contribution in [0.15, 0.2) is 11.6 Å². The summed E-state index contributed by atoms with van der Waals surface area (Å²) in [5, 5.41) is 74.1. The molecule has 0 aromatic rings. The molecule has 0 rings (SSSR count). The molecule has 16 heteroatoms. The number of carbonyl (C=O) groups is 8. The van der Waals surface area contributed by atoms with Crippen molar-refractivity contribution in [1.29, 1.82) is 0 Å². The summed E-state index contributed by atoms with van der Waals surface area (Å²) in [5.74, 6) is -23.0. The normalized spacial score (nSPS) is 15.4. The molecule has 0 saturated carbocycles. The molecule has 0 aliphatic rings. The third-order valence-electron chi connectivity index (χ3n) is 5.36. The second kappa shape index (κ2) is 14.8. The van der Waals surface area contributed by atoms with Gasteiger partial charge in [0.15, 0.2) is 0 Å². The van der Waals surface area contributed by atoms with E-state index in [1.165, 1.54) is 0 Å². The van der Waals surface area contributed by atoms with Gasteiger partial charge in [-0.2, -0.15) is 0 Å². The van der Waals surface area contributed by atoms with Crippen LogP contribution in [0.25, 0.3) is 0 Å². The van der Waals surface area contributed by atoms with E-state index in [-0.39, 0.29) is 0 Å². The van der Waals surface area contributed by atoms with E-state index in [1.807, 2.05) is 0 Å². The van der Waals surface area contributed by atoms with E-state index in [9.17, 15) is 58.8 Å². The first-order valence-corrected chi connectivity index (χ1v) is 10.4. The van der Waals surface area contributed by atoms with E-state index >= 15 is 0 Å². The van der Waals surface area contributed by atoms with Crippen LogP contribution < -0.4 is 0 Å². The van der Waals surface area contributed by atoms with Gasteiger partial charge in [0.25, 0.3) is 0 Å². The van der Waals surface area contributed by atoms with Gasteiger partial charge in [-0.05, 0) is 18.8 Å². The molecule has 16 nitrogen and oxygen atoms in total. The molecule has 5 atom stereocenters. The highest BCUT2D eigenvalue weighted by Crippen LogP contribution is 2.33. The van der Waals surface area contributed by atoms with Gasteiger partial charge in [-0.25, -0.2) is 0 Å². The lowest BCUT2D eigenvalue weighted by Crippen LogP contribution is -2.31. The zero-order valence-corrected chi connectivity index (χ0v) is 19.1. The van der Waals surface area contributed by atoms with Crippen LogP contribution in [-0.2, 0) is 38.4 Å². The van der Waals surface area contributed by atoms with Gasteiger partial charge in [0.05, 0.1) is 49.4 Å². The van der Waals surface area contributed by atoms with Gasteiger partial charge in [-0.1, -0.05) is 11.6 Å². The van der Waals surface area contributed by atoms with Gasteiger partial charge in [0, 0.05) is 0 Å². The van der Waals surface area contributed by atoms with Crippen molar-refractivity contribution in [3.05, 3.63) is 11.6 Å². The van der Waals surface area contributed by atoms with Crippen LogP contribution in [0.3, 0.4) is 0 Å². The average Bonchev–Trinajstić information content (AvgIpc) is 2.72. The van der Waals surface area contributed by atoms with E-state index in [1.54, 1.807) is 0 Å². The standard InChI is InChI=1S/C21H26O16/c22-14(23)4-10(18(30)31)2-8(12(20(34)35)6-16(26)27)1-9(13(21(36)37)7-17(28)29)3-11(19(32)33)5-15(24)25/h1,8,10-13H,2-7H2,(H,22,23)(H,24,25)(H,26,27)(H,28,29)(H,30,31)(H,32,33)(H,34,35)(H,36,37)/b9-1+. The molecular formula is C21H26O16. The number of hydrogen-bond donors (Lipinski definition) is 8. The van der Waals surface area contributed by atoms with Crippen LogP contribution in [0, 0.1) is 29.6 Å². The quantitative estimate of drug-likeness (QED) is 0.101. The second-order valence-corrected chi connectivity index (χ2v) is 8.14. The number of hydrogen-bond acceptors (Lipinski definition) is 8. The van der Waals surface area contributed by atoms with Crippen molar-refractivity contribution in [2.45, 2.75) is 38.5 Å². The van der Waals surface area contributed by atoms with Gasteiger partial charge < -0.3 is 40.9 Å². The summed E-state index contributed by atoms with van der Waals surface area (Å²) in [7, 11) is 0. The van der Waals surface area contributed by atoms with E-state index in [4.69, 9.17) is 20.4 Å². The minimum atomic E-state index is -2.03. The predicted molar refractivity (Wildman–Crippen MR) is 114 cm³/mol. The zero-order chi connectivity index (χ0) is 29.0. The maximum absolute atomic E-state index is 11.9. The molecular weight excluding hydrogens is 508 g/mol. The van der Waals surface area contributed by atoms with Gasteiger partial charge in [-0.3, -0.25) is 38.4 Å². The summed E-state index contributed by atoms with van der Waals surface area (Å²) >= 11 is 0. The highest BCUT2D eigenvalue weighted by Gasteiger charge is 2.37. The van der Waals surface area contributed by atoms with E-state index < -0.39 is 121 Å². The molecule has 5 unspecified atom stereocenters. The monoisotopic (exact) mass is 534 g/mol. The average molecular weight is 534 g/mol. The van der Waals surface area contributed by atoms with Crippen molar-refractivity contribution >= 4 is 47.8 Å². The first-order valence-electron chi connectivity index (χ1n) is 10.4. The first kappa shape index (κ1) is 32.5. The summed E-state index contributed by atoms with van der Waals surface area (Å²) in [4.78, 5) is 91.6. The Labute approximate surface area is 207 Å². The van der Waals surface area contributed by atoms with Gasteiger partial charge in [0.2, 0.25) is 0 Å². The number of aliphatic carboxylic acids is 8. The predicted octanol–water partition coefficient (Wildman–Crippen LogP) is 0.0112. The SMILES string of the molecule is O=C(O)CC(C/C(=C\C(CC(CC(=O)O)C(=O)O)C(CC(=O)O)C(=O)O)C(CC(=O)O)C(=O)O)C(=O)O. The highest BCUT2D eigenvalue weighted by atomic mass is 16.4. The fourth-order valence-electron chi connectivity index (χ4n) is 3.66. The molecule has 8 N–H and O–H groups in total. The minimum Gasteiger partial charge on any atom is -0.481 e. The van der Waals surface area contributed by atoms with Crippen LogP contribution >= 0.6 is 0 Å². The fourth-order valence-corrected chi connectivity index (χ4v) is 3.66. The smallest absolute Gasteiger partial charge is 0.311 e. The lowest BCUT2D eigenvalue weighted by molar-refractivity contribution is -0.152. The fraction of sp³-hybridized carbons (Fsp3) is 0.524. The molecule has 0 aliphatic heterocycles. The Morgan fingerprint density at radius 1 is 0.486 bits per heavy atom. The van der Waals surface area contributed by atoms with Crippen molar-refractivity contribution in [3.8, 4) is 0 Å². The summed E-state index contributed by atoms with van der Waals surface area (Å²) in [5.41, 5.74) is -0.593. The van der Waals surface area contributed by atoms with Crippen molar-refractivity contribution in [3.63, 3.8) is 0 Å². The third kappa shape index (κ3) is 12.1. The Kier molecular flexibility index (Phi) is 13.0. The number of allylic oxidation sites excluding steroid dienone is 1. The number of rotatable bonds is 19. The largest absolute Gasteiger partial charge is 0.481 e. The molecule has 0 aromatic carbocycles. The van der Waals surface area contributed by atoms with Crippen molar-refractivity contribution < 1.29 is 79.2 Å². The van der Waals surface area contributed by atoms with Gasteiger partial charge in [-0.15, -0.1) is 0 Å². The number of carboxylic acid groups (broad SMARTS) is 8. The van der Waals surface area contributed by atoms with Crippen LogP contribution in [0.2, 0.25) is 0 Å². The van der Waals surface area contributed by atoms with E-state index in [0.29, 0.717) is 0 Å². The Morgan fingerprint density at radius 3 is 1.27 bits per heavy atom. The summed E-state index contributed by atoms with van der Waals surface area (Å²) in [6.45, 7) is 0. The Morgan fingerprint density at radius 2 is 0.919 bits per heavy atom. The van der Waals surface area contributed by atoms with Crippen molar-refractivity contribution in [1.82, 2.24) is 0 Å². The van der Waals surface area contributed by atoms with Crippen molar-refractivity contribution in [2.24, 2.45) is 29.6 Å². The zero-order valence-electron chi connectivity index (χ0n) is 19.1. The van der Waals surface area contributed by atoms with Crippen LogP contribution in [0.1, 0.15) is 38.5 Å². The first-order chi connectivity index (χ1) is 17.0. The molecule has 0 bridgehead atoms. The third-order valence-corrected chi connectivity index (χ3v) is 5.36. The molecule has 0 saturated heterocycles. The van der Waals surface area contributed by atoms with Crippen LogP contribution in [0.4, 0.5) is 0 Å². The molecule has 0 spiro atoms.